The van der Waals surface area contributed by atoms with Crippen LogP contribution in [0.5, 0.6) is 5.75 Å². The van der Waals surface area contributed by atoms with Crippen LogP contribution in [-0.2, 0) is 14.3 Å². The molecule has 0 saturated carbocycles. The van der Waals surface area contributed by atoms with Crippen molar-refractivity contribution in [2.45, 2.75) is 33.8 Å². The van der Waals surface area contributed by atoms with Crippen LogP contribution in [0, 0.1) is 20.8 Å². The van der Waals surface area contributed by atoms with E-state index in [-0.39, 0.29) is 6.61 Å². The Morgan fingerprint density at radius 3 is 2.14 bits per heavy atom. The second kappa shape index (κ2) is 9.03. The molecule has 0 radical (unpaired) electrons. The molecular weight excluding hydrogens is 360 g/mol. The Labute approximate surface area is 163 Å². The lowest BCUT2D eigenvalue weighted by atomic mass is 10.1. The largest absolute Gasteiger partial charge is 0.481 e. The van der Waals surface area contributed by atoms with Crippen molar-refractivity contribution in [3.05, 3.63) is 58.7 Å². The second-order valence-electron chi connectivity index (χ2n) is 6.58. The van der Waals surface area contributed by atoms with Crippen LogP contribution in [0.1, 0.15) is 34.0 Å². The number of amides is 2. The first-order chi connectivity index (χ1) is 13.2. The van der Waals surface area contributed by atoms with Crippen LogP contribution >= 0.6 is 0 Å². The third kappa shape index (κ3) is 5.57. The normalized spacial score (nSPS) is 11.4. The molecule has 0 fully saturated rings. The lowest BCUT2D eigenvalue weighted by Gasteiger charge is -2.15. The van der Waals surface area contributed by atoms with E-state index in [0.29, 0.717) is 17.0 Å². The van der Waals surface area contributed by atoms with Crippen molar-refractivity contribution in [2.75, 3.05) is 11.9 Å². The van der Waals surface area contributed by atoms with E-state index < -0.39 is 23.9 Å². The Hall–Kier alpha value is -3.35. The van der Waals surface area contributed by atoms with Crippen molar-refractivity contribution in [1.82, 2.24) is 0 Å². The molecule has 3 N–H and O–H groups in total. The summed E-state index contributed by atoms with van der Waals surface area (Å²) in [5.41, 5.74) is 8.92. The van der Waals surface area contributed by atoms with E-state index in [2.05, 4.69) is 5.32 Å². The van der Waals surface area contributed by atoms with Gasteiger partial charge in [0.05, 0.1) is 0 Å². The summed E-state index contributed by atoms with van der Waals surface area (Å²) in [6.45, 7) is 6.96. The number of anilines is 1. The predicted molar refractivity (Wildman–Crippen MR) is 105 cm³/mol. The lowest BCUT2D eigenvalue weighted by molar-refractivity contribution is -0.155. The monoisotopic (exact) mass is 384 g/mol. The van der Waals surface area contributed by atoms with Gasteiger partial charge in [-0.2, -0.15) is 0 Å². The highest BCUT2D eigenvalue weighted by Crippen LogP contribution is 2.24. The molecule has 148 valence electrons. The number of carbonyl (C=O) groups is 3. The van der Waals surface area contributed by atoms with Crippen LogP contribution in [0.25, 0.3) is 0 Å². The van der Waals surface area contributed by atoms with Crippen molar-refractivity contribution >= 4 is 23.5 Å². The van der Waals surface area contributed by atoms with Gasteiger partial charge in [0.1, 0.15) is 5.75 Å². The van der Waals surface area contributed by atoms with Gasteiger partial charge in [0.25, 0.3) is 5.91 Å². The van der Waals surface area contributed by atoms with Crippen molar-refractivity contribution in [2.24, 2.45) is 5.73 Å². The third-order valence-corrected chi connectivity index (χ3v) is 4.05. The summed E-state index contributed by atoms with van der Waals surface area (Å²) in [5.74, 6) is -1.07. The predicted octanol–water partition coefficient (Wildman–Crippen LogP) is 2.66. The molecule has 2 rings (SSSR count). The molecule has 0 unspecified atom stereocenters. The number of nitrogens with one attached hydrogen (secondary N) is 1. The minimum atomic E-state index is -1.01. The molecule has 2 aromatic rings. The summed E-state index contributed by atoms with van der Waals surface area (Å²) in [5, 5.41) is 2.60. The van der Waals surface area contributed by atoms with Gasteiger partial charge in [-0.3, -0.25) is 9.59 Å². The minimum Gasteiger partial charge on any atom is -0.481 e. The summed E-state index contributed by atoms with van der Waals surface area (Å²) in [6.07, 6.45) is -1.01. The van der Waals surface area contributed by atoms with Crippen molar-refractivity contribution in [1.29, 1.82) is 0 Å². The molecule has 2 aromatic carbocycles. The van der Waals surface area contributed by atoms with E-state index in [1.807, 2.05) is 32.9 Å². The van der Waals surface area contributed by atoms with Crippen LogP contribution < -0.4 is 15.8 Å². The van der Waals surface area contributed by atoms with Gasteiger partial charge in [-0.15, -0.1) is 0 Å². The number of hydrogen-bond donors (Lipinski definition) is 2. The topological polar surface area (TPSA) is 108 Å². The Bertz CT molecular complexity index is 867. The van der Waals surface area contributed by atoms with Gasteiger partial charge in [0.15, 0.2) is 12.7 Å². The summed E-state index contributed by atoms with van der Waals surface area (Å²) in [7, 11) is 0. The molecule has 2 amide bonds. The first kappa shape index (κ1) is 21.0. The van der Waals surface area contributed by atoms with Gasteiger partial charge in [0.2, 0.25) is 5.91 Å². The number of benzene rings is 2. The number of ether oxygens (including phenoxy) is 2. The van der Waals surface area contributed by atoms with Crippen LogP contribution in [0.15, 0.2) is 36.4 Å². The van der Waals surface area contributed by atoms with E-state index in [4.69, 9.17) is 15.2 Å². The van der Waals surface area contributed by atoms with Gasteiger partial charge in [-0.1, -0.05) is 17.7 Å². The van der Waals surface area contributed by atoms with E-state index in [0.717, 1.165) is 16.7 Å². The molecule has 0 bridgehead atoms. The van der Waals surface area contributed by atoms with Crippen LogP contribution in [0.4, 0.5) is 5.69 Å². The Morgan fingerprint density at radius 1 is 1.04 bits per heavy atom. The number of aryl methyl sites for hydroxylation is 3. The maximum atomic E-state index is 12.2. The van der Waals surface area contributed by atoms with E-state index >= 15 is 0 Å². The average Bonchev–Trinajstić information content (AvgIpc) is 2.61. The molecule has 0 aliphatic rings. The summed E-state index contributed by atoms with van der Waals surface area (Å²) < 4.78 is 10.7. The van der Waals surface area contributed by atoms with Crippen molar-refractivity contribution < 1.29 is 23.9 Å². The first-order valence-electron chi connectivity index (χ1n) is 8.78. The van der Waals surface area contributed by atoms with Crippen molar-refractivity contribution in [3.63, 3.8) is 0 Å². The number of nitrogens with two attached hydrogens (primary N) is 1. The smallest absolute Gasteiger partial charge is 0.344 e. The zero-order chi connectivity index (χ0) is 20.8. The highest BCUT2D eigenvalue weighted by molar-refractivity contribution is 5.96. The van der Waals surface area contributed by atoms with E-state index in [1.165, 1.54) is 19.1 Å². The highest BCUT2D eigenvalue weighted by Gasteiger charge is 2.19. The fourth-order valence-electron chi connectivity index (χ4n) is 2.77. The zero-order valence-corrected chi connectivity index (χ0v) is 16.4. The van der Waals surface area contributed by atoms with E-state index in [1.54, 1.807) is 12.1 Å². The molecule has 0 aromatic heterocycles. The molecule has 1 atom stereocenters. The number of carbonyl (C=O) groups excluding carboxylic acids is 3. The third-order valence-electron chi connectivity index (χ3n) is 4.05. The summed E-state index contributed by atoms with van der Waals surface area (Å²) >= 11 is 0. The van der Waals surface area contributed by atoms with Gasteiger partial charge < -0.3 is 20.5 Å². The van der Waals surface area contributed by atoms with Crippen LogP contribution in [0.3, 0.4) is 0 Å². The maximum Gasteiger partial charge on any atom is 0.344 e. The molecule has 7 heteroatoms. The first-order valence-corrected chi connectivity index (χ1v) is 8.78. The molecule has 0 aliphatic carbocycles. The van der Waals surface area contributed by atoms with Gasteiger partial charge >= 0.3 is 5.97 Å². The Kier molecular flexibility index (Phi) is 6.76. The molecule has 0 spiro atoms. The zero-order valence-electron chi connectivity index (χ0n) is 16.4. The summed E-state index contributed by atoms with van der Waals surface area (Å²) in [4.78, 5) is 35.2. The molecule has 0 heterocycles. The second-order valence-corrected chi connectivity index (χ2v) is 6.58. The minimum absolute atomic E-state index is 0.296. The quantitative estimate of drug-likeness (QED) is 0.714. The Balaban J connectivity index is 1.87. The molecule has 0 saturated heterocycles. The van der Waals surface area contributed by atoms with Crippen LogP contribution in [-0.4, -0.2) is 30.5 Å². The van der Waals surface area contributed by atoms with Crippen molar-refractivity contribution in [3.8, 4) is 5.75 Å². The SMILES string of the molecule is Cc1cc(C)c(OCC(=O)O[C@H](C)C(=O)Nc2ccc(C(N)=O)cc2)c(C)c1. The highest BCUT2D eigenvalue weighted by atomic mass is 16.6. The lowest BCUT2D eigenvalue weighted by Crippen LogP contribution is -2.31. The fourth-order valence-corrected chi connectivity index (χ4v) is 2.77. The number of primary amides is 1. The standard InChI is InChI=1S/C21H24N2O5/c1-12-9-13(2)19(14(3)10-12)27-11-18(24)28-15(4)21(26)23-17-7-5-16(6-8-17)20(22)25/h5-10,15H,11H2,1-4H3,(H2,22,25)(H,23,26)/t15-/m1/s1. The average molecular weight is 384 g/mol. The molecule has 0 aliphatic heterocycles. The molecule has 7 nitrogen and oxygen atoms in total. The number of rotatable bonds is 7. The van der Waals surface area contributed by atoms with Gasteiger partial charge in [-0.25, -0.2) is 4.79 Å². The molecule has 28 heavy (non-hydrogen) atoms. The number of hydrogen-bond acceptors (Lipinski definition) is 5. The molecular formula is C21H24N2O5. The summed E-state index contributed by atoms with van der Waals surface area (Å²) in [6, 6.07) is 10.0. The van der Waals surface area contributed by atoms with Gasteiger partial charge in [-0.05, 0) is 63.1 Å². The number of esters is 1. The van der Waals surface area contributed by atoms with Crippen LogP contribution in [0.2, 0.25) is 0 Å². The van der Waals surface area contributed by atoms with E-state index in [9.17, 15) is 14.4 Å². The van der Waals surface area contributed by atoms with Gasteiger partial charge in [0, 0.05) is 11.3 Å². The Morgan fingerprint density at radius 2 is 1.61 bits per heavy atom. The maximum absolute atomic E-state index is 12.2. The fraction of sp³-hybridized carbons (Fsp3) is 0.286.